The Labute approximate surface area is 270 Å². The number of para-hydroxylation sites is 1. The van der Waals surface area contributed by atoms with Gasteiger partial charge >= 0.3 is 0 Å². The standard InChI is InChI=1S/C37H29N5O3S/c43-35(26-14-5-2-6-15-26)41-32(22-27-24-39-31-19-8-7-18-30(27)31)36(44)40-28-16-11-17-29(23-28)46-34(25-12-3-1-4-13-25)37(45)42-33-20-9-10-21-38-33/h1-24,34,39H,(H,40,44)(H,41,43)(H,38,42,45)/b32-22-. The number of H-pyrrole nitrogens is 1. The van der Waals surface area contributed by atoms with Crippen molar-refractivity contribution in [2.24, 2.45) is 0 Å². The number of anilines is 2. The van der Waals surface area contributed by atoms with Crippen LogP contribution in [0.5, 0.6) is 0 Å². The van der Waals surface area contributed by atoms with E-state index in [1.165, 1.54) is 11.8 Å². The largest absolute Gasteiger partial charge is 0.361 e. The molecule has 226 valence electrons. The van der Waals surface area contributed by atoms with Gasteiger partial charge in [-0.2, -0.15) is 0 Å². The SMILES string of the molecule is O=C(Nc1cccc(SC(C(=O)Nc2ccccn2)c2ccccc2)c1)/C(=C/c1c[nH]c2ccccc12)NC(=O)c1ccccc1. The molecule has 6 aromatic rings. The molecule has 2 heterocycles. The van der Waals surface area contributed by atoms with Crippen LogP contribution in [0, 0.1) is 0 Å². The summed E-state index contributed by atoms with van der Waals surface area (Å²) in [6.45, 7) is 0. The van der Waals surface area contributed by atoms with Gasteiger partial charge in [-0.05, 0) is 60.2 Å². The predicted octanol–water partition coefficient (Wildman–Crippen LogP) is 7.44. The summed E-state index contributed by atoms with van der Waals surface area (Å²) in [6, 6.07) is 38.5. The van der Waals surface area contributed by atoms with E-state index in [2.05, 4.69) is 25.9 Å². The molecule has 8 nitrogen and oxygen atoms in total. The molecular formula is C37H29N5O3S. The molecule has 0 fully saturated rings. The molecule has 3 amide bonds. The molecule has 0 aliphatic rings. The number of pyridine rings is 1. The van der Waals surface area contributed by atoms with E-state index < -0.39 is 17.1 Å². The number of rotatable bonds is 10. The van der Waals surface area contributed by atoms with Gasteiger partial charge in [0, 0.05) is 45.0 Å². The van der Waals surface area contributed by atoms with Crippen molar-refractivity contribution in [2.75, 3.05) is 10.6 Å². The zero-order valence-electron chi connectivity index (χ0n) is 24.5. The van der Waals surface area contributed by atoms with Gasteiger partial charge in [0.1, 0.15) is 16.8 Å². The van der Waals surface area contributed by atoms with Crippen LogP contribution in [0.2, 0.25) is 0 Å². The highest BCUT2D eigenvalue weighted by Crippen LogP contribution is 2.37. The average molecular weight is 624 g/mol. The van der Waals surface area contributed by atoms with Crippen molar-refractivity contribution in [1.29, 1.82) is 0 Å². The van der Waals surface area contributed by atoms with Gasteiger partial charge in [-0.1, -0.05) is 78.9 Å². The molecule has 0 aliphatic heterocycles. The van der Waals surface area contributed by atoms with Gasteiger partial charge in [0.05, 0.1) is 0 Å². The molecule has 4 aromatic carbocycles. The van der Waals surface area contributed by atoms with Crippen LogP contribution in [0.4, 0.5) is 11.5 Å². The summed E-state index contributed by atoms with van der Waals surface area (Å²) in [5.74, 6) is -0.668. The first-order chi connectivity index (χ1) is 22.5. The first-order valence-corrected chi connectivity index (χ1v) is 15.4. The summed E-state index contributed by atoms with van der Waals surface area (Å²) in [4.78, 5) is 48.5. The monoisotopic (exact) mass is 623 g/mol. The van der Waals surface area contributed by atoms with E-state index in [0.717, 1.165) is 26.9 Å². The van der Waals surface area contributed by atoms with Crippen molar-refractivity contribution in [3.63, 3.8) is 0 Å². The van der Waals surface area contributed by atoms with E-state index in [4.69, 9.17) is 0 Å². The van der Waals surface area contributed by atoms with Gasteiger partial charge in [-0.25, -0.2) is 4.98 Å². The second-order valence-corrected chi connectivity index (χ2v) is 11.4. The Hall–Kier alpha value is -5.93. The van der Waals surface area contributed by atoms with Crippen LogP contribution in [0.3, 0.4) is 0 Å². The third-order valence-corrected chi connectivity index (χ3v) is 8.30. The van der Waals surface area contributed by atoms with Gasteiger partial charge in [-0.15, -0.1) is 11.8 Å². The van der Waals surface area contributed by atoms with E-state index in [9.17, 15) is 14.4 Å². The molecule has 4 N–H and O–H groups in total. The predicted molar refractivity (Wildman–Crippen MR) is 183 cm³/mol. The quantitative estimate of drug-likeness (QED) is 0.0935. The van der Waals surface area contributed by atoms with Crippen LogP contribution < -0.4 is 16.0 Å². The second-order valence-electron chi connectivity index (χ2n) is 10.3. The lowest BCUT2D eigenvalue weighted by atomic mass is 10.1. The normalized spacial score (nSPS) is 11.9. The second kappa shape index (κ2) is 14.2. The fourth-order valence-electron chi connectivity index (χ4n) is 4.82. The Morgan fingerprint density at radius 1 is 0.761 bits per heavy atom. The number of benzene rings is 4. The first-order valence-electron chi connectivity index (χ1n) is 14.5. The van der Waals surface area contributed by atoms with Gasteiger partial charge < -0.3 is 20.9 Å². The molecule has 0 bridgehead atoms. The Balaban J connectivity index is 1.25. The van der Waals surface area contributed by atoms with E-state index in [1.54, 1.807) is 67.0 Å². The molecule has 1 unspecified atom stereocenters. The van der Waals surface area contributed by atoms with Crippen molar-refractivity contribution >= 4 is 58.0 Å². The molecule has 9 heteroatoms. The number of hydrogen-bond donors (Lipinski definition) is 4. The number of amides is 3. The zero-order chi connectivity index (χ0) is 31.7. The maximum Gasteiger partial charge on any atom is 0.272 e. The third kappa shape index (κ3) is 7.40. The van der Waals surface area contributed by atoms with E-state index in [1.807, 2.05) is 78.9 Å². The number of aromatic amines is 1. The number of carbonyl (C=O) groups excluding carboxylic acids is 3. The van der Waals surface area contributed by atoms with Crippen LogP contribution in [0.25, 0.3) is 17.0 Å². The Morgan fingerprint density at radius 2 is 1.50 bits per heavy atom. The summed E-state index contributed by atoms with van der Waals surface area (Å²) >= 11 is 1.35. The summed E-state index contributed by atoms with van der Waals surface area (Å²) in [5.41, 5.74) is 3.49. The molecular weight excluding hydrogens is 595 g/mol. The van der Waals surface area contributed by atoms with Crippen molar-refractivity contribution in [1.82, 2.24) is 15.3 Å². The highest BCUT2D eigenvalue weighted by atomic mass is 32.2. The van der Waals surface area contributed by atoms with Crippen molar-refractivity contribution in [2.45, 2.75) is 10.1 Å². The molecule has 0 spiro atoms. The smallest absolute Gasteiger partial charge is 0.272 e. The molecule has 46 heavy (non-hydrogen) atoms. The number of thioether (sulfide) groups is 1. The van der Waals surface area contributed by atoms with Crippen molar-refractivity contribution < 1.29 is 14.4 Å². The molecule has 0 saturated carbocycles. The van der Waals surface area contributed by atoms with Gasteiger partial charge in [0.2, 0.25) is 5.91 Å². The molecule has 0 saturated heterocycles. The minimum absolute atomic E-state index is 0.0774. The molecule has 0 aliphatic carbocycles. The van der Waals surface area contributed by atoms with E-state index in [0.29, 0.717) is 17.1 Å². The molecule has 2 aromatic heterocycles. The fourth-order valence-corrected chi connectivity index (χ4v) is 5.91. The summed E-state index contributed by atoms with van der Waals surface area (Å²) in [6.07, 6.45) is 5.07. The number of fused-ring (bicyclic) bond motifs is 1. The Kier molecular flexibility index (Phi) is 9.32. The maximum absolute atomic E-state index is 13.7. The minimum Gasteiger partial charge on any atom is -0.361 e. The number of hydrogen-bond acceptors (Lipinski definition) is 5. The van der Waals surface area contributed by atoms with Crippen LogP contribution in [-0.2, 0) is 9.59 Å². The number of nitrogens with zero attached hydrogens (tertiary/aromatic N) is 1. The summed E-state index contributed by atoms with van der Waals surface area (Å²) in [5, 5.41) is 8.94. The number of nitrogens with one attached hydrogen (secondary N) is 4. The highest BCUT2D eigenvalue weighted by molar-refractivity contribution is 8.00. The van der Waals surface area contributed by atoms with Crippen molar-refractivity contribution in [3.8, 4) is 0 Å². The summed E-state index contributed by atoms with van der Waals surface area (Å²) in [7, 11) is 0. The first kappa shape index (κ1) is 30.1. The zero-order valence-corrected chi connectivity index (χ0v) is 25.3. The van der Waals surface area contributed by atoms with E-state index in [-0.39, 0.29) is 11.6 Å². The van der Waals surface area contributed by atoms with Crippen molar-refractivity contribution in [3.05, 3.63) is 162 Å². The minimum atomic E-state index is -0.586. The molecule has 1 atom stereocenters. The molecule has 6 rings (SSSR count). The summed E-state index contributed by atoms with van der Waals surface area (Å²) < 4.78 is 0. The molecule has 0 radical (unpaired) electrons. The maximum atomic E-state index is 13.7. The number of carbonyl (C=O) groups is 3. The average Bonchev–Trinajstić information content (AvgIpc) is 3.51. The van der Waals surface area contributed by atoms with Gasteiger partial charge in [-0.3, -0.25) is 14.4 Å². The van der Waals surface area contributed by atoms with E-state index >= 15 is 0 Å². The van der Waals surface area contributed by atoms with Crippen LogP contribution >= 0.6 is 11.8 Å². The lowest BCUT2D eigenvalue weighted by molar-refractivity contribution is -0.116. The van der Waals surface area contributed by atoms with Crippen LogP contribution in [-0.4, -0.2) is 27.7 Å². The van der Waals surface area contributed by atoms with Crippen LogP contribution in [0.1, 0.15) is 26.7 Å². The lowest BCUT2D eigenvalue weighted by Crippen LogP contribution is -2.30. The van der Waals surface area contributed by atoms with Gasteiger partial charge in [0.25, 0.3) is 11.8 Å². The fraction of sp³-hybridized carbons (Fsp3) is 0.0270. The third-order valence-electron chi connectivity index (χ3n) is 7.05. The van der Waals surface area contributed by atoms with Crippen LogP contribution in [0.15, 0.2) is 150 Å². The Morgan fingerprint density at radius 3 is 2.28 bits per heavy atom. The highest BCUT2D eigenvalue weighted by Gasteiger charge is 2.23. The number of aromatic nitrogens is 2. The lowest BCUT2D eigenvalue weighted by Gasteiger charge is -2.17. The Bertz CT molecular complexity index is 2010. The topological polar surface area (TPSA) is 116 Å². The van der Waals surface area contributed by atoms with Gasteiger partial charge in [0.15, 0.2) is 0 Å².